The molecule has 0 radical (unpaired) electrons. The molecular formula is C12H15F3N2O. The van der Waals surface area contributed by atoms with E-state index < -0.39 is 17.5 Å². The molecule has 0 bridgehead atoms. The van der Waals surface area contributed by atoms with Crippen LogP contribution in [0.4, 0.5) is 18.9 Å². The van der Waals surface area contributed by atoms with Crippen molar-refractivity contribution in [3.63, 3.8) is 0 Å². The Kier molecular flexibility index (Phi) is 4.43. The van der Waals surface area contributed by atoms with Crippen molar-refractivity contribution in [2.75, 3.05) is 44.7 Å². The van der Waals surface area contributed by atoms with Gasteiger partial charge >= 0.3 is 0 Å². The SMILES string of the molecule is Fc1cc(F)c(NCCN2CCOCC2)c(F)c1. The van der Waals surface area contributed by atoms with Gasteiger partial charge in [-0.3, -0.25) is 4.90 Å². The molecule has 1 aliphatic rings. The molecule has 0 unspecified atom stereocenters. The van der Waals surface area contributed by atoms with Crippen LogP contribution in [0.2, 0.25) is 0 Å². The Hall–Kier alpha value is -1.27. The Labute approximate surface area is 104 Å². The summed E-state index contributed by atoms with van der Waals surface area (Å²) in [5, 5.41) is 2.66. The standard InChI is InChI=1S/C12H15F3N2O/c13-9-7-10(14)12(11(15)8-9)16-1-2-17-3-5-18-6-4-17/h7-8,16H,1-6H2. The number of benzene rings is 1. The molecular weight excluding hydrogens is 245 g/mol. The molecule has 1 heterocycles. The highest BCUT2D eigenvalue weighted by Crippen LogP contribution is 2.19. The third kappa shape index (κ3) is 3.36. The average Bonchev–Trinajstić information content (AvgIpc) is 2.34. The molecule has 1 aromatic rings. The Morgan fingerprint density at radius 3 is 2.33 bits per heavy atom. The smallest absolute Gasteiger partial charge is 0.152 e. The van der Waals surface area contributed by atoms with Crippen LogP contribution in [0.1, 0.15) is 0 Å². The van der Waals surface area contributed by atoms with Crippen LogP contribution < -0.4 is 5.32 Å². The lowest BCUT2D eigenvalue weighted by Crippen LogP contribution is -2.39. The molecule has 0 aromatic heterocycles. The first-order chi connectivity index (χ1) is 8.66. The van der Waals surface area contributed by atoms with Gasteiger partial charge in [0.2, 0.25) is 0 Å². The van der Waals surface area contributed by atoms with E-state index in [4.69, 9.17) is 4.74 Å². The summed E-state index contributed by atoms with van der Waals surface area (Å²) in [5.74, 6) is -2.73. The third-order valence-corrected chi connectivity index (χ3v) is 2.84. The van der Waals surface area contributed by atoms with Crippen molar-refractivity contribution in [1.29, 1.82) is 0 Å². The van der Waals surface area contributed by atoms with Crippen LogP contribution in [0.15, 0.2) is 12.1 Å². The van der Waals surface area contributed by atoms with Gasteiger partial charge in [0.05, 0.1) is 13.2 Å². The number of nitrogens with zero attached hydrogens (tertiary/aromatic N) is 1. The molecule has 0 atom stereocenters. The fraction of sp³-hybridized carbons (Fsp3) is 0.500. The van der Waals surface area contributed by atoms with Crippen molar-refractivity contribution in [2.45, 2.75) is 0 Å². The average molecular weight is 260 g/mol. The minimum Gasteiger partial charge on any atom is -0.379 e. The van der Waals surface area contributed by atoms with E-state index in [2.05, 4.69) is 10.2 Å². The zero-order chi connectivity index (χ0) is 13.0. The first kappa shape index (κ1) is 13.2. The van der Waals surface area contributed by atoms with Crippen LogP contribution in [-0.2, 0) is 4.74 Å². The van der Waals surface area contributed by atoms with Crippen molar-refractivity contribution in [1.82, 2.24) is 4.90 Å². The molecule has 1 aromatic carbocycles. The van der Waals surface area contributed by atoms with E-state index in [0.717, 1.165) is 13.1 Å². The third-order valence-electron chi connectivity index (χ3n) is 2.84. The monoisotopic (exact) mass is 260 g/mol. The number of halogens is 3. The van der Waals surface area contributed by atoms with Crippen molar-refractivity contribution >= 4 is 5.69 Å². The van der Waals surface area contributed by atoms with Gasteiger partial charge in [0.1, 0.15) is 11.5 Å². The highest BCUT2D eigenvalue weighted by molar-refractivity contribution is 5.46. The van der Waals surface area contributed by atoms with Gasteiger partial charge in [0.15, 0.2) is 11.6 Å². The second kappa shape index (κ2) is 6.06. The predicted octanol–water partition coefficient (Wildman–Crippen LogP) is 1.85. The zero-order valence-electron chi connectivity index (χ0n) is 9.89. The number of morpholine rings is 1. The Bertz CT molecular complexity index is 385. The maximum atomic E-state index is 13.3. The van der Waals surface area contributed by atoms with Crippen molar-refractivity contribution in [2.24, 2.45) is 0 Å². The number of ether oxygens (including phenoxy) is 1. The lowest BCUT2D eigenvalue weighted by Gasteiger charge is -2.26. The minimum absolute atomic E-state index is 0.273. The Morgan fingerprint density at radius 1 is 1.11 bits per heavy atom. The van der Waals surface area contributed by atoms with Gasteiger partial charge in [-0.05, 0) is 0 Å². The summed E-state index contributed by atoms with van der Waals surface area (Å²) in [6.45, 7) is 4.06. The van der Waals surface area contributed by atoms with Crippen LogP contribution >= 0.6 is 0 Å². The molecule has 0 saturated carbocycles. The van der Waals surface area contributed by atoms with Crippen molar-refractivity contribution in [3.05, 3.63) is 29.6 Å². The lowest BCUT2D eigenvalue weighted by molar-refractivity contribution is 0.0398. The zero-order valence-corrected chi connectivity index (χ0v) is 9.89. The molecule has 0 spiro atoms. The van der Waals surface area contributed by atoms with Gasteiger partial charge in [-0.1, -0.05) is 0 Å². The normalized spacial score (nSPS) is 16.8. The van der Waals surface area contributed by atoms with Gasteiger partial charge in [-0.15, -0.1) is 0 Å². The maximum absolute atomic E-state index is 13.3. The van der Waals surface area contributed by atoms with Crippen LogP contribution in [-0.4, -0.2) is 44.3 Å². The van der Waals surface area contributed by atoms with Crippen LogP contribution in [0.3, 0.4) is 0 Å². The van der Waals surface area contributed by atoms with Gasteiger partial charge in [-0.25, -0.2) is 13.2 Å². The van der Waals surface area contributed by atoms with Gasteiger partial charge in [0, 0.05) is 38.3 Å². The van der Waals surface area contributed by atoms with Crippen LogP contribution in [0, 0.1) is 17.5 Å². The van der Waals surface area contributed by atoms with E-state index in [1.807, 2.05) is 0 Å². The minimum atomic E-state index is -0.913. The fourth-order valence-electron chi connectivity index (χ4n) is 1.87. The van der Waals surface area contributed by atoms with Gasteiger partial charge in [-0.2, -0.15) is 0 Å². The summed E-state index contributed by atoms with van der Waals surface area (Å²) < 4.78 is 44.5. The molecule has 2 rings (SSSR count). The van der Waals surface area contributed by atoms with Crippen LogP contribution in [0.5, 0.6) is 0 Å². The number of rotatable bonds is 4. The molecule has 1 saturated heterocycles. The molecule has 6 heteroatoms. The summed E-state index contributed by atoms with van der Waals surface area (Å²) >= 11 is 0. The Balaban J connectivity index is 1.86. The molecule has 100 valence electrons. The first-order valence-corrected chi connectivity index (χ1v) is 5.85. The summed E-state index contributed by atoms with van der Waals surface area (Å²) in [6, 6.07) is 1.33. The summed E-state index contributed by atoms with van der Waals surface area (Å²) in [5.41, 5.74) is -0.273. The second-order valence-corrected chi connectivity index (χ2v) is 4.13. The number of hydrogen-bond donors (Lipinski definition) is 1. The van der Waals surface area contributed by atoms with Crippen LogP contribution in [0.25, 0.3) is 0 Å². The molecule has 1 fully saturated rings. The van der Waals surface area contributed by atoms with E-state index in [1.165, 1.54) is 0 Å². The number of hydrogen-bond acceptors (Lipinski definition) is 3. The maximum Gasteiger partial charge on any atom is 0.152 e. The van der Waals surface area contributed by atoms with E-state index >= 15 is 0 Å². The summed E-state index contributed by atoms with van der Waals surface area (Å²) in [4.78, 5) is 2.13. The molecule has 3 nitrogen and oxygen atoms in total. The van der Waals surface area contributed by atoms with Gasteiger partial charge < -0.3 is 10.1 Å². The van der Waals surface area contributed by atoms with E-state index in [1.54, 1.807) is 0 Å². The quantitative estimate of drug-likeness (QED) is 0.894. The predicted molar refractivity (Wildman–Crippen MR) is 62.1 cm³/mol. The lowest BCUT2D eigenvalue weighted by atomic mass is 10.2. The molecule has 0 aliphatic carbocycles. The number of anilines is 1. The van der Waals surface area contributed by atoms with Gasteiger partial charge in [0.25, 0.3) is 0 Å². The Morgan fingerprint density at radius 2 is 1.72 bits per heavy atom. The highest BCUT2D eigenvalue weighted by atomic mass is 19.1. The topological polar surface area (TPSA) is 24.5 Å². The molecule has 1 N–H and O–H groups in total. The van der Waals surface area contributed by atoms with Crippen molar-refractivity contribution < 1.29 is 17.9 Å². The second-order valence-electron chi connectivity index (χ2n) is 4.13. The van der Waals surface area contributed by atoms with Crippen molar-refractivity contribution in [3.8, 4) is 0 Å². The molecule has 1 aliphatic heterocycles. The van der Waals surface area contributed by atoms with E-state index in [9.17, 15) is 13.2 Å². The number of nitrogens with one attached hydrogen (secondary N) is 1. The fourth-order valence-corrected chi connectivity index (χ4v) is 1.87. The highest BCUT2D eigenvalue weighted by Gasteiger charge is 2.13. The summed E-state index contributed by atoms with van der Waals surface area (Å²) in [6.07, 6.45) is 0. The first-order valence-electron chi connectivity index (χ1n) is 5.85. The molecule has 0 amide bonds. The van der Waals surface area contributed by atoms with E-state index in [0.29, 0.717) is 38.4 Å². The molecule has 18 heavy (non-hydrogen) atoms. The largest absolute Gasteiger partial charge is 0.379 e. The summed E-state index contributed by atoms with van der Waals surface area (Å²) in [7, 11) is 0. The van der Waals surface area contributed by atoms with E-state index in [-0.39, 0.29) is 5.69 Å².